The molecule has 0 spiro atoms. The molecule has 0 fully saturated rings. The second kappa shape index (κ2) is 4.33. The van der Waals surface area contributed by atoms with Gasteiger partial charge in [0.2, 0.25) is 0 Å². The Morgan fingerprint density at radius 2 is 1.94 bits per heavy atom. The summed E-state index contributed by atoms with van der Waals surface area (Å²) in [6.07, 6.45) is 0. The molecule has 5 heteroatoms. The summed E-state index contributed by atoms with van der Waals surface area (Å²) in [5.74, 6) is -0.335. The van der Waals surface area contributed by atoms with Gasteiger partial charge in [-0.05, 0) is 44.9 Å². The zero-order valence-corrected chi connectivity index (χ0v) is 11.3. The van der Waals surface area contributed by atoms with Gasteiger partial charge in [-0.3, -0.25) is 10.6 Å². The van der Waals surface area contributed by atoms with E-state index < -0.39 is 0 Å². The molecule has 0 saturated carbocycles. The van der Waals surface area contributed by atoms with Gasteiger partial charge in [0.05, 0.1) is 6.04 Å². The number of halogens is 1. The summed E-state index contributed by atoms with van der Waals surface area (Å²) in [5, 5.41) is 13.4. The summed E-state index contributed by atoms with van der Waals surface area (Å²) in [4.78, 5) is 0. The minimum atomic E-state index is -0.335. The van der Waals surface area contributed by atoms with Crippen LogP contribution in [0.25, 0.3) is 0 Å². The zero-order valence-electron chi connectivity index (χ0n) is 9.69. The third-order valence-corrected chi connectivity index (χ3v) is 3.66. The molecule has 0 aliphatic carbocycles. The number of fused-ring (bicyclic) bond motifs is 1. The number of anilines is 1. The summed E-state index contributed by atoms with van der Waals surface area (Å²) in [6.45, 7) is 0. The van der Waals surface area contributed by atoms with Crippen molar-refractivity contribution in [2.24, 2.45) is 0 Å². The molecule has 1 aliphatic rings. The molecule has 0 aromatic heterocycles. The van der Waals surface area contributed by atoms with E-state index in [1.807, 2.05) is 27.2 Å². The van der Waals surface area contributed by atoms with E-state index in [0.29, 0.717) is 0 Å². The van der Waals surface area contributed by atoms with Gasteiger partial charge in [-0.2, -0.15) is 0 Å². The van der Waals surface area contributed by atoms with Crippen LogP contribution in [0.2, 0.25) is 0 Å². The normalized spacial score (nSPS) is 21.6. The summed E-state index contributed by atoms with van der Waals surface area (Å²) < 4.78 is 1.09. The first-order valence-corrected chi connectivity index (χ1v) is 6.09. The van der Waals surface area contributed by atoms with Gasteiger partial charge in [-0.25, -0.2) is 0 Å². The molecule has 1 heterocycles. The second-order valence-electron chi connectivity index (χ2n) is 3.89. The number of benzene rings is 1. The molecule has 88 valence electrons. The van der Waals surface area contributed by atoms with Gasteiger partial charge in [0.1, 0.15) is 0 Å². The highest BCUT2D eigenvalue weighted by Crippen LogP contribution is 2.39. The first kappa shape index (κ1) is 11.9. The number of hydrogen-bond donors (Lipinski definition) is 4. The number of nitrogens with one attached hydrogen (secondary N) is 4. The quantitative estimate of drug-likeness (QED) is 0.631. The maximum atomic E-state index is 3.51. The van der Waals surface area contributed by atoms with Crippen molar-refractivity contribution in [3.8, 4) is 0 Å². The average molecular weight is 285 g/mol. The maximum Gasteiger partial charge on any atom is 0.163 e. The van der Waals surface area contributed by atoms with Gasteiger partial charge in [-0.1, -0.05) is 15.9 Å². The first-order chi connectivity index (χ1) is 7.66. The molecular formula is C11H17BrN4. The van der Waals surface area contributed by atoms with Crippen molar-refractivity contribution in [1.82, 2.24) is 16.0 Å². The van der Waals surface area contributed by atoms with Crippen molar-refractivity contribution in [2.75, 3.05) is 26.5 Å². The molecule has 0 bridgehead atoms. The Balaban J connectivity index is 2.47. The Kier molecular flexibility index (Phi) is 3.21. The topological polar surface area (TPSA) is 48.1 Å². The third-order valence-electron chi connectivity index (χ3n) is 3.17. The summed E-state index contributed by atoms with van der Waals surface area (Å²) in [7, 11) is 5.84. The Hall–Kier alpha value is -0.620. The molecule has 1 atom stereocenters. The van der Waals surface area contributed by atoms with Gasteiger partial charge in [0, 0.05) is 10.2 Å². The summed E-state index contributed by atoms with van der Waals surface area (Å²) in [5.41, 5.74) is 2.40. The Labute approximate surface area is 104 Å². The third kappa shape index (κ3) is 1.64. The van der Waals surface area contributed by atoms with Crippen LogP contribution in [0.4, 0.5) is 5.69 Å². The number of rotatable bonds is 3. The van der Waals surface area contributed by atoms with E-state index in [1.165, 1.54) is 5.56 Å². The number of hydrogen-bond acceptors (Lipinski definition) is 4. The summed E-state index contributed by atoms with van der Waals surface area (Å²) >= 11 is 3.51. The molecule has 2 rings (SSSR count). The van der Waals surface area contributed by atoms with E-state index in [4.69, 9.17) is 0 Å². The number of likely N-dealkylation sites (N-methyl/N-ethyl adjacent to an activating group) is 3. The fourth-order valence-electron chi connectivity index (χ4n) is 2.31. The molecule has 4 N–H and O–H groups in total. The van der Waals surface area contributed by atoms with E-state index in [2.05, 4.69) is 49.3 Å². The van der Waals surface area contributed by atoms with Crippen molar-refractivity contribution in [3.63, 3.8) is 0 Å². The predicted molar refractivity (Wildman–Crippen MR) is 70.4 cm³/mol. The lowest BCUT2D eigenvalue weighted by molar-refractivity contribution is 0.268. The maximum absolute atomic E-state index is 3.51. The molecule has 1 unspecified atom stereocenters. The van der Waals surface area contributed by atoms with Gasteiger partial charge >= 0.3 is 0 Å². The highest BCUT2D eigenvalue weighted by molar-refractivity contribution is 9.10. The fraction of sp³-hybridized carbons (Fsp3) is 0.455. The molecule has 4 nitrogen and oxygen atoms in total. The van der Waals surface area contributed by atoms with Crippen molar-refractivity contribution in [1.29, 1.82) is 0 Å². The van der Waals surface area contributed by atoms with E-state index in [0.717, 1.165) is 10.2 Å². The van der Waals surface area contributed by atoms with Crippen molar-refractivity contribution in [3.05, 3.63) is 28.2 Å². The van der Waals surface area contributed by atoms with E-state index in [9.17, 15) is 0 Å². The van der Waals surface area contributed by atoms with Crippen LogP contribution in [-0.4, -0.2) is 26.9 Å². The summed E-state index contributed by atoms with van der Waals surface area (Å²) in [6, 6.07) is 6.44. The Morgan fingerprint density at radius 1 is 1.25 bits per heavy atom. The monoisotopic (exact) mass is 284 g/mol. The second-order valence-corrected chi connectivity index (χ2v) is 4.80. The zero-order chi connectivity index (χ0) is 11.8. The van der Waals surface area contributed by atoms with Crippen LogP contribution in [0, 0.1) is 0 Å². The van der Waals surface area contributed by atoms with Crippen LogP contribution < -0.4 is 21.3 Å². The van der Waals surface area contributed by atoms with E-state index in [-0.39, 0.29) is 11.8 Å². The largest absolute Gasteiger partial charge is 0.353 e. The highest BCUT2D eigenvalue weighted by atomic mass is 79.9. The lowest BCUT2D eigenvalue weighted by Gasteiger charge is -2.35. The van der Waals surface area contributed by atoms with Crippen LogP contribution in [0.15, 0.2) is 22.7 Å². The smallest absolute Gasteiger partial charge is 0.163 e. The van der Waals surface area contributed by atoms with Gasteiger partial charge < -0.3 is 10.6 Å². The molecule has 0 saturated heterocycles. The van der Waals surface area contributed by atoms with Crippen LogP contribution in [0.5, 0.6) is 0 Å². The minimum Gasteiger partial charge on any atom is -0.353 e. The van der Waals surface area contributed by atoms with Crippen LogP contribution in [0.3, 0.4) is 0 Å². The average Bonchev–Trinajstić information content (AvgIpc) is 2.62. The van der Waals surface area contributed by atoms with Gasteiger partial charge in [-0.15, -0.1) is 0 Å². The van der Waals surface area contributed by atoms with Crippen LogP contribution in [-0.2, 0) is 0 Å². The predicted octanol–water partition coefficient (Wildman–Crippen LogP) is 1.23. The van der Waals surface area contributed by atoms with E-state index in [1.54, 1.807) is 0 Å². The van der Waals surface area contributed by atoms with Crippen molar-refractivity contribution < 1.29 is 0 Å². The van der Waals surface area contributed by atoms with Crippen LogP contribution in [0.1, 0.15) is 11.6 Å². The Bertz CT molecular complexity index is 390. The van der Waals surface area contributed by atoms with Gasteiger partial charge in [0.25, 0.3) is 0 Å². The molecule has 0 radical (unpaired) electrons. The molecule has 0 amide bonds. The molecule has 1 aromatic carbocycles. The lowest BCUT2D eigenvalue weighted by Crippen LogP contribution is -2.63. The SMILES string of the molecule is CNC1c2cc(Br)ccc2NC1(NC)NC. The fourth-order valence-corrected chi connectivity index (χ4v) is 2.69. The van der Waals surface area contributed by atoms with Gasteiger partial charge in [0.15, 0.2) is 5.79 Å². The van der Waals surface area contributed by atoms with Crippen LogP contribution >= 0.6 is 15.9 Å². The lowest BCUT2D eigenvalue weighted by atomic mass is 10.0. The molecular weight excluding hydrogens is 268 g/mol. The minimum absolute atomic E-state index is 0.176. The Morgan fingerprint density at radius 3 is 2.50 bits per heavy atom. The van der Waals surface area contributed by atoms with Crippen molar-refractivity contribution >= 4 is 21.6 Å². The molecule has 1 aromatic rings. The molecule has 16 heavy (non-hydrogen) atoms. The first-order valence-electron chi connectivity index (χ1n) is 5.29. The van der Waals surface area contributed by atoms with Crippen molar-refractivity contribution in [2.45, 2.75) is 11.8 Å². The van der Waals surface area contributed by atoms with E-state index >= 15 is 0 Å². The standard InChI is InChI=1S/C11H17BrN4/c1-13-10-8-6-7(12)4-5-9(8)16-11(10,14-2)15-3/h4-6,10,13-16H,1-3H3. The molecule has 1 aliphatic heterocycles. The highest BCUT2D eigenvalue weighted by Gasteiger charge is 2.43.